The predicted molar refractivity (Wildman–Crippen MR) is 110 cm³/mol. The van der Waals surface area contributed by atoms with Crippen LogP contribution in [0.4, 0.5) is 4.79 Å². The van der Waals surface area contributed by atoms with Crippen molar-refractivity contribution in [2.24, 2.45) is 5.92 Å². The molecule has 1 amide bonds. The van der Waals surface area contributed by atoms with Crippen molar-refractivity contribution in [1.82, 2.24) is 10.2 Å². The number of ether oxygens (including phenoxy) is 2. The fourth-order valence-corrected chi connectivity index (χ4v) is 4.33. The number of hydrogen-bond donors (Lipinski definition) is 1. The van der Waals surface area contributed by atoms with Crippen LogP contribution in [0.15, 0.2) is 0 Å². The number of nitrogens with one attached hydrogen (secondary N) is 1. The van der Waals surface area contributed by atoms with Gasteiger partial charge in [-0.2, -0.15) is 0 Å². The van der Waals surface area contributed by atoms with Gasteiger partial charge in [-0.1, -0.05) is 44.9 Å². The number of rotatable bonds is 7. The quantitative estimate of drug-likeness (QED) is 0.646. The van der Waals surface area contributed by atoms with Gasteiger partial charge in [0.2, 0.25) is 0 Å². The average molecular weight is 383 g/mol. The van der Waals surface area contributed by atoms with E-state index in [1.807, 2.05) is 13.8 Å². The molecule has 1 aliphatic carbocycles. The minimum absolute atomic E-state index is 0.194. The van der Waals surface area contributed by atoms with Crippen molar-refractivity contribution in [2.75, 3.05) is 32.8 Å². The second-order valence-electron chi connectivity index (χ2n) is 8.63. The summed E-state index contributed by atoms with van der Waals surface area (Å²) in [5.74, 6) is 0.512. The molecule has 0 aromatic heterocycles. The summed E-state index contributed by atoms with van der Waals surface area (Å²) in [6.07, 6.45) is 14.9. The van der Waals surface area contributed by atoms with Crippen LogP contribution in [0.1, 0.15) is 84.5 Å². The number of piperidine rings is 1. The molecule has 0 spiro atoms. The summed E-state index contributed by atoms with van der Waals surface area (Å²) in [7, 11) is 0. The van der Waals surface area contributed by atoms with Crippen molar-refractivity contribution in [3.8, 4) is 0 Å². The van der Waals surface area contributed by atoms with Gasteiger partial charge in [0.25, 0.3) is 0 Å². The van der Waals surface area contributed by atoms with Gasteiger partial charge in [-0.3, -0.25) is 0 Å². The van der Waals surface area contributed by atoms with Crippen LogP contribution in [0.3, 0.4) is 0 Å². The SMILES string of the molecule is CC(C)OCCNC(=O)OCC1CCN(C2CCCCCCCCC2)CC1. The summed E-state index contributed by atoms with van der Waals surface area (Å²) in [5, 5.41) is 2.77. The first-order chi connectivity index (χ1) is 13.1. The second-order valence-corrected chi connectivity index (χ2v) is 8.63. The van der Waals surface area contributed by atoms with Crippen LogP contribution in [0.2, 0.25) is 0 Å². The zero-order chi connectivity index (χ0) is 19.3. The molecule has 2 rings (SSSR count). The number of amides is 1. The van der Waals surface area contributed by atoms with Crippen molar-refractivity contribution in [1.29, 1.82) is 0 Å². The Morgan fingerprint density at radius 1 is 0.963 bits per heavy atom. The molecule has 0 atom stereocenters. The Morgan fingerprint density at radius 3 is 2.15 bits per heavy atom. The summed E-state index contributed by atoms with van der Waals surface area (Å²) in [5.41, 5.74) is 0. The molecule has 0 unspecified atom stereocenters. The second kappa shape index (κ2) is 13.4. The lowest BCUT2D eigenvalue weighted by Gasteiger charge is -2.38. The van der Waals surface area contributed by atoms with Crippen molar-refractivity contribution < 1.29 is 14.3 Å². The number of likely N-dealkylation sites (tertiary alicyclic amines) is 1. The van der Waals surface area contributed by atoms with E-state index in [-0.39, 0.29) is 12.2 Å². The first-order valence-electron chi connectivity index (χ1n) is 11.4. The van der Waals surface area contributed by atoms with E-state index in [1.165, 1.54) is 70.9 Å². The molecule has 0 bridgehead atoms. The Balaban J connectivity index is 1.59. The molecule has 27 heavy (non-hydrogen) atoms. The van der Waals surface area contributed by atoms with E-state index < -0.39 is 0 Å². The van der Waals surface area contributed by atoms with Gasteiger partial charge >= 0.3 is 6.09 Å². The first-order valence-corrected chi connectivity index (χ1v) is 11.4. The zero-order valence-corrected chi connectivity index (χ0v) is 17.7. The van der Waals surface area contributed by atoms with Gasteiger partial charge < -0.3 is 19.7 Å². The molecule has 1 heterocycles. The molecular weight excluding hydrogens is 340 g/mol. The lowest BCUT2D eigenvalue weighted by Crippen LogP contribution is -2.42. The fourth-order valence-electron chi connectivity index (χ4n) is 4.33. The van der Waals surface area contributed by atoms with Crippen LogP contribution in [-0.2, 0) is 9.47 Å². The minimum Gasteiger partial charge on any atom is -0.449 e. The van der Waals surface area contributed by atoms with E-state index in [9.17, 15) is 4.79 Å². The Bertz CT molecular complexity index is 385. The molecule has 1 saturated heterocycles. The number of hydrogen-bond acceptors (Lipinski definition) is 4. The molecule has 1 saturated carbocycles. The van der Waals surface area contributed by atoms with Gasteiger partial charge in [0.15, 0.2) is 0 Å². The maximum absolute atomic E-state index is 11.8. The van der Waals surface area contributed by atoms with Gasteiger partial charge in [-0.15, -0.1) is 0 Å². The van der Waals surface area contributed by atoms with Crippen LogP contribution in [0.25, 0.3) is 0 Å². The lowest BCUT2D eigenvalue weighted by molar-refractivity contribution is 0.0661. The molecule has 2 aliphatic rings. The smallest absolute Gasteiger partial charge is 0.407 e. The van der Waals surface area contributed by atoms with E-state index >= 15 is 0 Å². The molecular formula is C22H42N2O3. The molecule has 5 heteroatoms. The molecule has 2 fully saturated rings. The third-order valence-electron chi connectivity index (χ3n) is 6.01. The van der Waals surface area contributed by atoms with Gasteiger partial charge in [-0.25, -0.2) is 4.79 Å². The van der Waals surface area contributed by atoms with E-state index in [1.54, 1.807) is 0 Å². The zero-order valence-electron chi connectivity index (χ0n) is 17.7. The molecule has 0 radical (unpaired) electrons. The number of nitrogens with zero attached hydrogens (tertiary/aromatic N) is 1. The Morgan fingerprint density at radius 2 is 1.56 bits per heavy atom. The van der Waals surface area contributed by atoms with Crippen molar-refractivity contribution in [2.45, 2.75) is 96.6 Å². The summed E-state index contributed by atoms with van der Waals surface area (Å²) in [6.45, 7) is 7.92. The first kappa shape index (κ1) is 22.5. The predicted octanol–water partition coefficient (Wildman–Crippen LogP) is 4.74. The standard InChI is InChI=1S/C22H42N2O3/c1-19(2)26-17-14-23-22(25)27-18-20-12-15-24(16-13-20)21-10-8-6-4-3-5-7-9-11-21/h19-21H,3-18H2,1-2H3,(H,23,25). The third kappa shape index (κ3) is 9.79. The normalized spacial score (nSPS) is 21.9. The Labute approximate surface area is 166 Å². The highest BCUT2D eigenvalue weighted by molar-refractivity contribution is 5.67. The largest absolute Gasteiger partial charge is 0.449 e. The highest BCUT2D eigenvalue weighted by Crippen LogP contribution is 2.25. The number of carbonyl (C=O) groups excluding carboxylic acids is 1. The Kier molecular flexibility index (Phi) is 11.1. The maximum atomic E-state index is 11.8. The van der Waals surface area contributed by atoms with Gasteiger partial charge in [-0.05, 0) is 58.5 Å². The number of carbonyl (C=O) groups is 1. The highest BCUT2D eigenvalue weighted by Gasteiger charge is 2.25. The topological polar surface area (TPSA) is 50.8 Å². The van der Waals surface area contributed by atoms with Gasteiger partial charge in [0.05, 0.1) is 19.3 Å². The molecule has 5 nitrogen and oxygen atoms in total. The van der Waals surface area contributed by atoms with Gasteiger partial charge in [0.1, 0.15) is 0 Å². The summed E-state index contributed by atoms with van der Waals surface area (Å²) in [6, 6.07) is 0.786. The van der Waals surface area contributed by atoms with Crippen LogP contribution in [-0.4, -0.2) is 56.0 Å². The van der Waals surface area contributed by atoms with E-state index in [2.05, 4.69) is 10.2 Å². The molecule has 0 aromatic rings. The fraction of sp³-hybridized carbons (Fsp3) is 0.955. The van der Waals surface area contributed by atoms with Crippen molar-refractivity contribution in [3.63, 3.8) is 0 Å². The van der Waals surface area contributed by atoms with E-state index in [0.29, 0.717) is 25.7 Å². The molecule has 158 valence electrons. The third-order valence-corrected chi connectivity index (χ3v) is 6.01. The lowest BCUT2D eigenvalue weighted by atomic mass is 9.92. The van der Waals surface area contributed by atoms with Crippen LogP contribution >= 0.6 is 0 Å². The molecule has 1 aliphatic heterocycles. The Hall–Kier alpha value is -0.810. The van der Waals surface area contributed by atoms with Crippen LogP contribution in [0, 0.1) is 5.92 Å². The van der Waals surface area contributed by atoms with E-state index in [4.69, 9.17) is 9.47 Å². The monoisotopic (exact) mass is 382 g/mol. The van der Waals surface area contributed by atoms with Crippen LogP contribution < -0.4 is 5.32 Å². The van der Waals surface area contributed by atoms with Crippen molar-refractivity contribution >= 4 is 6.09 Å². The molecule has 1 N–H and O–H groups in total. The number of alkyl carbamates (subject to hydrolysis) is 1. The van der Waals surface area contributed by atoms with Gasteiger partial charge in [0, 0.05) is 12.6 Å². The summed E-state index contributed by atoms with van der Waals surface area (Å²) < 4.78 is 10.8. The van der Waals surface area contributed by atoms with Crippen molar-refractivity contribution in [3.05, 3.63) is 0 Å². The summed E-state index contributed by atoms with van der Waals surface area (Å²) in [4.78, 5) is 14.5. The summed E-state index contributed by atoms with van der Waals surface area (Å²) >= 11 is 0. The maximum Gasteiger partial charge on any atom is 0.407 e. The average Bonchev–Trinajstić information content (AvgIpc) is 2.68. The minimum atomic E-state index is -0.308. The van der Waals surface area contributed by atoms with E-state index in [0.717, 1.165) is 18.9 Å². The van der Waals surface area contributed by atoms with Crippen LogP contribution in [0.5, 0.6) is 0 Å². The highest BCUT2D eigenvalue weighted by atomic mass is 16.5. The molecule has 0 aromatic carbocycles.